The first-order chi connectivity index (χ1) is 12.3. The topological polar surface area (TPSA) is 99.5 Å². The van der Waals surface area contributed by atoms with Gasteiger partial charge in [0.25, 0.3) is 0 Å². The molecule has 0 aromatic carbocycles. The molecule has 2 heterocycles. The van der Waals surface area contributed by atoms with Crippen LogP contribution in [0.4, 0.5) is 0 Å². The standard InChI is InChI=1S/C20H30O6/c1-18-7-6-16(23)19(2,10-21)14(18)5-8-20(11-26-20)15(18)4-3-12-13(22)9-25-17(12)24/h3,13-16,21-23H,4-11H2,1-2H3/b12-3+/t13-,14-,15+,16-,18-,19+,20+/m1/s1. The molecule has 2 saturated carbocycles. The molecular weight excluding hydrogens is 336 g/mol. The van der Waals surface area contributed by atoms with E-state index in [-0.39, 0.29) is 36.1 Å². The summed E-state index contributed by atoms with van der Waals surface area (Å²) in [5.41, 5.74) is -0.405. The molecule has 4 rings (SSSR count). The second-order valence-electron chi connectivity index (χ2n) is 9.23. The van der Waals surface area contributed by atoms with Crippen molar-refractivity contribution in [1.82, 2.24) is 0 Å². The Morgan fingerprint density at radius 3 is 2.54 bits per heavy atom. The van der Waals surface area contributed by atoms with Crippen molar-refractivity contribution in [2.24, 2.45) is 22.7 Å². The highest BCUT2D eigenvalue weighted by Crippen LogP contribution is 2.66. The van der Waals surface area contributed by atoms with E-state index in [1.165, 1.54) is 0 Å². The monoisotopic (exact) mass is 366 g/mol. The first kappa shape index (κ1) is 18.4. The highest BCUT2D eigenvalue weighted by atomic mass is 16.6. The quantitative estimate of drug-likeness (QED) is 0.394. The number of hydrogen-bond acceptors (Lipinski definition) is 6. The average Bonchev–Trinajstić information content (AvgIpc) is 3.31. The van der Waals surface area contributed by atoms with Crippen molar-refractivity contribution in [2.75, 3.05) is 19.8 Å². The van der Waals surface area contributed by atoms with Crippen molar-refractivity contribution >= 4 is 5.97 Å². The summed E-state index contributed by atoms with van der Waals surface area (Å²) in [7, 11) is 0. The Kier molecular flexibility index (Phi) is 4.27. The minimum Gasteiger partial charge on any atom is -0.459 e. The molecule has 4 fully saturated rings. The lowest BCUT2D eigenvalue weighted by Gasteiger charge is -2.60. The van der Waals surface area contributed by atoms with Crippen LogP contribution in [-0.2, 0) is 14.3 Å². The third-order valence-corrected chi connectivity index (χ3v) is 7.99. The lowest BCUT2D eigenvalue weighted by Crippen LogP contribution is -2.60. The molecule has 0 aromatic rings. The van der Waals surface area contributed by atoms with Gasteiger partial charge in [0.05, 0.1) is 30.5 Å². The summed E-state index contributed by atoms with van der Waals surface area (Å²) in [5.74, 6) is -0.0392. The van der Waals surface area contributed by atoms with Crippen molar-refractivity contribution in [3.8, 4) is 0 Å². The van der Waals surface area contributed by atoms with Gasteiger partial charge in [0, 0.05) is 5.41 Å². The van der Waals surface area contributed by atoms with E-state index in [4.69, 9.17) is 9.47 Å². The van der Waals surface area contributed by atoms with Crippen LogP contribution in [0.15, 0.2) is 11.6 Å². The van der Waals surface area contributed by atoms with Crippen LogP contribution in [0.2, 0.25) is 0 Å². The summed E-state index contributed by atoms with van der Waals surface area (Å²) < 4.78 is 10.9. The number of fused-ring (bicyclic) bond motifs is 1. The molecule has 0 unspecified atom stereocenters. The number of carbonyl (C=O) groups is 1. The zero-order valence-corrected chi connectivity index (χ0v) is 15.6. The molecule has 2 aliphatic carbocycles. The molecule has 3 N–H and O–H groups in total. The maximum Gasteiger partial charge on any atom is 0.336 e. The van der Waals surface area contributed by atoms with Gasteiger partial charge in [-0.3, -0.25) is 0 Å². The molecule has 2 aliphatic heterocycles. The zero-order chi connectivity index (χ0) is 18.7. The van der Waals surface area contributed by atoms with Crippen molar-refractivity contribution in [2.45, 2.75) is 63.8 Å². The fourth-order valence-corrected chi connectivity index (χ4v) is 6.24. The minimum atomic E-state index is -0.846. The molecule has 6 nitrogen and oxygen atoms in total. The van der Waals surface area contributed by atoms with Gasteiger partial charge in [0.1, 0.15) is 12.7 Å². The van der Waals surface area contributed by atoms with E-state index < -0.39 is 23.6 Å². The predicted molar refractivity (Wildman–Crippen MR) is 93.1 cm³/mol. The van der Waals surface area contributed by atoms with Crippen LogP contribution in [0.1, 0.15) is 46.0 Å². The third kappa shape index (κ3) is 2.49. The Balaban J connectivity index is 1.66. The summed E-state index contributed by atoms with van der Waals surface area (Å²) in [6, 6.07) is 0. The fraction of sp³-hybridized carbons (Fsp3) is 0.850. The van der Waals surface area contributed by atoms with Crippen LogP contribution in [0, 0.1) is 22.7 Å². The van der Waals surface area contributed by atoms with Crippen LogP contribution in [-0.4, -0.2) is 58.9 Å². The van der Waals surface area contributed by atoms with Gasteiger partial charge in [-0.05, 0) is 49.4 Å². The first-order valence-corrected chi connectivity index (χ1v) is 9.75. The lowest BCUT2D eigenvalue weighted by atomic mass is 9.45. The normalized spacial score (nSPS) is 52.2. The number of ether oxygens (including phenoxy) is 2. The molecule has 146 valence electrons. The van der Waals surface area contributed by atoms with Crippen LogP contribution in [0.25, 0.3) is 0 Å². The largest absolute Gasteiger partial charge is 0.459 e. The van der Waals surface area contributed by atoms with E-state index in [1.807, 2.05) is 13.0 Å². The van der Waals surface area contributed by atoms with E-state index in [0.29, 0.717) is 18.4 Å². The van der Waals surface area contributed by atoms with Gasteiger partial charge in [-0.25, -0.2) is 4.79 Å². The van der Waals surface area contributed by atoms with E-state index in [0.717, 1.165) is 25.9 Å². The summed E-state index contributed by atoms with van der Waals surface area (Å²) in [5, 5.41) is 30.6. The van der Waals surface area contributed by atoms with Gasteiger partial charge in [-0.15, -0.1) is 0 Å². The zero-order valence-electron chi connectivity index (χ0n) is 15.6. The molecule has 0 radical (unpaired) electrons. The lowest BCUT2D eigenvalue weighted by molar-refractivity contribution is -0.175. The summed E-state index contributed by atoms with van der Waals surface area (Å²) in [6.45, 7) is 4.99. The number of epoxide rings is 1. The molecule has 0 amide bonds. The number of rotatable bonds is 3. The molecule has 6 heteroatoms. The van der Waals surface area contributed by atoms with E-state index >= 15 is 0 Å². The van der Waals surface area contributed by atoms with Gasteiger partial charge in [0.2, 0.25) is 0 Å². The molecule has 0 bridgehead atoms. The molecule has 0 aromatic heterocycles. The second-order valence-corrected chi connectivity index (χ2v) is 9.23. The predicted octanol–water partition coefficient (Wildman–Crippen LogP) is 1.18. The van der Waals surface area contributed by atoms with Gasteiger partial charge in [-0.2, -0.15) is 0 Å². The van der Waals surface area contributed by atoms with Gasteiger partial charge >= 0.3 is 5.97 Å². The van der Waals surface area contributed by atoms with Crippen LogP contribution < -0.4 is 0 Å². The number of carbonyl (C=O) groups excluding carboxylic acids is 1. The molecule has 4 aliphatic rings. The molecule has 7 atom stereocenters. The Morgan fingerprint density at radius 2 is 1.96 bits per heavy atom. The number of aliphatic hydroxyl groups excluding tert-OH is 3. The molecule has 2 saturated heterocycles. The van der Waals surface area contributed by atoms with Crippen molar-refractivity contribution in [1.29, 1.82) is 0 Å². The smallest absolute Gasteiger partial charge is 0.336 e. The molecular formula is C20H30O6. The number of hydrogen-bond donors (Lipinski definition) is 3. The third-order valence-electron chi connectivity index (χ3n) is 7.99. The van der Waals surface area contributed by atoms with E-state index in [2.05, 4.69) is 6.92 Å². The Labute approximate surface area is 154 Å². The SMILES string of the molecule is C[C@]1(CO)[C@@H]2CC[C@]3(CO3)[C@@H](C/C=C3/C(=O)OC[C@H]3O)[C@]2(C)CC[C@H]1O. The summed E-state index contributed by atoms with van der Waals surface area (Å²) in [4.78, 5) is 11.8. The maximum absolute atomic E-state index is 11.8. The van der Waals surface area contributed by atoms with Crippen LogP contribution in [0.3, 0.4) is 0 Å². The van der Waals surface area contributed by atoms with Crippen LogP contribution in [0.5, 0.6) is 0 Å². The van der Waals surface area contributed by atoms with Crippen molar-refractivity contribution < 1.29 is 29.6 Å². The van der Waals surface area contributed by atoms with Crippen molar-refractivity contribution in [3.05, 3.63) is 11.6 Å². The number of cyclic esters (lactones) is 1. The highest BCUT2D eigenvalue weighted by molar-refractivity contribution is 5.91. The highest BCUT2D eigenvalue weighted by Gasteiger charge is 2.66. The molecule has 1 spiro atoms. The Bertz CT molecular complexity index is 626. The van der Waals surface area contributed by atoms with Gasteiger partial charge < -0.3 is 24.8 Å². The van der Waals surface area contributed by atoms with Gasteiger partial charge in [0.15, 0.2) is 0 Å². The Morgan fingerprint density at radius 1 is 1.23 bits per heavy atom. The van der Waals surface area contributed by atoms with Crippen molar-refractivity contribution in [3.63, 3.8) is 0 Å². The van der Waals surface area contributed by atoms with Gasteiger partial charge in [-0.1, -0.05) is 19.9 Å². The average molecular weight is 366 g/mol. The van der Waals surface area contributed by atoms with E-state index in [9.17, 15) is 20.1 Å². The molecule has 26 heavy (non-hydrogen) atoms. The number of aliphatic hydroxyl groups is 3. The minimum absolute atomic E-state index is 0.0267. The number of esters is 1. The first-order valence-electron chi connectivity index (χ1n) is 9.75. The van der Waals surface area contributed by atoms with E-state index in [1.54, 1.807) is 0 Å². The maximum atomic E-state index is 11.8. The summed E-state index contributed by atoms with van der Waals surface area (Å²) in [6.07, 6.45) is 4.53. The van der Waals surface area contributed by atoms with Crippen LogP contribution >= 0.6 is 0 Å². The number of allylic oxidation sites excluding steroid dienone is 1. The second kappa shape index (κ2) is 6.03. The fourth-order valence-electron chi connectivity index (χ4n) is 6.24. The Hall–Kier alpha value is -0.950. The summed E-state index contributed by atoms with van der Waals surface area (Å²) >= 11 is 0.